The SMILES string of the molecule is COc1cc(C(O)C(O)CO)cc(I)c1O. The van der Waals surface area contributed by atoms with Gasteiger partial charge in [0.25, 0.3) is 0 Å². The summed E-state index contributed by atoms with van der Waals surface area (Å²) in [5.74, 6) is 0.198. The largest absolute Gasteiger partial charge is 0.504 e. The Morgan fingerprint density at radius 2 is 2.00 bits per heavy atom. The first-order valence-electron chi connectivity index (χ1n) is 4.54. The molecule has 6 heteroatoms. The van der Waals surface area contributed by atoms with Gasteiger partial charge in [0.15, 0.2) is 11.5 Å². The molecule has 90 valence electrons. The van der Waals surface area contributed by atoms with E-state index in [9.17, 15) is 15.3 Å². The minimum atomic E-state index is -1.26. The van der Waals surface area contributed by atoms with Crippen molar-refractivity contribution in [2.75, 3.05) is 13.7 Å². The molecular formula is C10H13IO5. The lowest BCUT2D eigenvalue weighted by molar-refractivity contribution is -0.0153. The average molecular weight is 340 g/mol. The molecule has 1 aromatic carbocycles. The molecule has 0 amide bonds. The second-order valence-electron chi connectivity index (χ2n) is 3.25. The van der Waals surface area contributed by atoms with Crippen molar-refractivity contribution in [3.8, 4) is 11.5 Å². The van der Waals surface area contributed by atoms with Gasteiger partial charge in [-0.25, -0.2) is 0 Å². The van der Waals surface area contributed by atoms with Gasteiger partial charge >= 0.3 is 0 Å². The number of aliphatic hydroxyl groups excluding tert-OH is 3. The van der Waals surface area contributed by atoms with Crippen LogP contribution < -0.4 is 4.74 Å². The summed E-state index contributed by atoms with van der Waals surface area (Å²) in [6.45, 7) is -0.541. The van der Waals surface area contributed by atoms with E-state index >= 15 is 0 Å². The molecule has 2 atom stereocenters. The fraction of sp³-hybridized carbons (Fsp3) is 0.400. The van der Waals surface area contributed by atoms with Crippen molar-refractivity contribution in [3.63, 3.8) is 0 Å². The first-order chi connectivity index (χ1) is 7.51. The third kappa shape index (κ3) is 2.76. The lowest BCUT2D eigenvalue weighted by atomic mass is 10.0. The van der Waals surface area contributed by atoms with Crippen molar-refractivity contribution >= 4 is 22.6 Å². The van der Waals surface area contributed by atoms with Gasteiger partial charge in [-0.3, -0.25) is 0 Å². The number of methoxy groups -OCH3 is 1. The Balaban J connectivity index is 3.10. The molecule has 2 unspecified atom stereocenters. The molecule has 0 heterocycles. The van der Waals surface area contributed by atoms with Crippen molar-refractivity contribution in [3.05, 3.63) is 21.3 Å². The summed E-state index contributed by atoms with van der Waals surface area (Å²) in [6.07, 6.45) is -2.47. The summed E-state index contributed by atoms with van der Waals surface area (Å²) in [5, 5.41) is 37.3. The molecule has 0 fully saturated rings. The maximum atomic E-state index is 9.67. The van der Waals surface area contributed by atoms with E-state index in [1.54, 1.807) is 0 Å². The highest BCUT2D eigenvalue weighted by atomic mass is 127. The van der Waals surface area contributed by atoms with E-state index in [0.717, 1.165) is 0 Å². The van der Waals surface area contributed by atoms with Crippen LogP contribution in [0.25, 0.3) is 0 Å². The zero-order valence-electron chi connectivity index (χ0n) is 8.59. The minimum Gasteiger partial charge on any atom is -0.504 e. The molecule has 0 aromatic heterocycles. The summed E-state index contributed by atoms with van der Waals surface area (Å²) in [6, 6.07) is 2.93. The summed E-state index contributed by atoms with van der Waals surface area (Å²) in [5.41, 5.74) is 0.376. The maximum Gasteiger partial charge on any atom is 0.171 e. The van der Waals surface area contributed by atoms with Crippen LogP contribution in [0.3, 0.4) is 0 Å². The van der Waals surface area contributed by atoms with Gasteiger partial charge < -0.3 is 25.2 Å². The molecule has 0 spiro atoms. The third-order valence-electron chi connectivity index (χ3n) is 2.16. The van der Waals surface area contributed by atoms with Gasteiger partial charge in [0.2, 0.25) is 0 Å². The fourth-order valence-electron chi connectivity index (χ4n) is 1.24. The number of hydrogen-bond acceptors (Lipinski definition) is 5. The molecule has 0 aliphatic heterocycles. The fourth-order valence-corrected chi connectivity index (χ4v) is 1.87. The zero-order chi connectivity index (χ0) is 12.3. The highest BCUT2D eigenvalue weighted by Gasteiger charge is 2.20. The summed E-state index contributed by atoms with van der Waals surface area (Å²) in [7, 11) is 1.39. The average Bonchev–Trinajstić information content (AvgIpc) is 2.30. The normalized spacial score (nSPS) is 14.6. The number of aromatic hydroxyl groups is 1. The quantitative estimate of drug-likeness (QED) is 0.596. The van der Waals surface area contributed by atoms with E-state index in [-0.39, 0.29) is 11.5 Å². The topological polar surface area (TPSA) is 90.2 Å². The molecule has 5 nitrogen and oxygen atoms in total. The molecule has 0 bridgehead atoms. The van der Waals surface area contributed by atoms with Crippen LogP contribution in [-0.4, -0.2) is 40.2 Å². The van der Waals surface area contributed by atoms with E-state index in [1.165, 1.54) is 19.2 Å². The van der Waals surface area contributed by atoms with Gasteiger partial charge in [0, 0.05) is 0 Å². The lowest BCUT2D eigenvalue weighted by Gasteiger charge is -2.17. The van der Waals surface area contributed by atoms with E-state index < -0.39 is 18.8 Å². The van der Waals surface area contributed by atoms with Gasteiger partial charge in [0.1, 0.15) is 12.2 Å². The number of rotatable bonds is 4. The van der Waals surface area contributed by atoms with Crippen LogP contribution in [0.2, 0.25) is 0 Å². The van der Waals surface area contributed by atoms with Crippen molar-refractivity contribution in [2.45, 2.75) is 12.2 Å². The van der Waals surface area contributed by atoms with Crippen LogP contribution in [0, 0.1) is 3.57 Å². The predicted octanol–water partition coefficient (Wildman–Crippen LogP) is 0.392. The Morgan fingerprint density at radius 1 is 1.38 bits per heavy atom. The number of benzene rings is 1. The smallest absolute Gasteiger partial charge is 0.171 e. The van der Waals surface area contributed by atoms with Gasteiger partial charge in [-0.1, -0.05) is 0 Å². The Hall–Kier alpha value is -0.570. The Kier molecular flexibility index (Phi) is 4.78. The molecule has 0 radical (unpaired) electrons. The number of phenols is 1. The maximum absolute atomic E-state index is 9.67. The molecule has 0 aliphatic rings. The Morgan fingerprint density at radius 3 is 2.50 bits per heavy atom. The molecule has 1 aromatic rings. The van der Waals surface area contributed by atoms with Crippen LogP contribution in [-0.2, 0) is 0 Å². The van der Waals surface area contributed by atoms with Crippen LogP contribution in [0.5, 0.6) is 11.5 Å². The zero-order valence-corrected chi connectivity index (χ0v) is 10.7. The molecule has 16 heavy (non-hydrogen) atoms. The van der Waals surface area contributed by atoms with Crippen molar-refractivity contribution < 1.29 is 25.2 Å². The van der Waals surface area contributed by atoms with E-state index in [1.807, 2.05) is 22.6 Å². The lowest BCUT2D eigenvalue weighted by Crippen LogP contribution is -2.22. The van der Waals surface area contributed by atoms with Crippen molar-refractivity contribution in [1.82, 2.24) is 0 Å². The van der Waals surface area contributed by atoms with Crippen LogP contribution in [0.4, 0.5) is 0 Å². The number of phenolic OH excluding ortho intramolecular Hbond substituents is 1. The summed E-state index contributed by atoms with van der Waals surface area (Å²) in [4.78, 5) is 0. The molecule has 0 saturated heterocycles. The summed E-state index contributed by atoms with van der Waals surface area (Å²) >= 11 is 1.88. The van der Waals surface area contributed by atoms with E-state index in [2.05, 4.69) is 0 Å². The summed E-state index contributed by atoms with van der Waals surface area (Å²) < 4.78 is 5.42. The first-order valence-corrected chi connectivity index (χ1v) is 5.62. The first kappa shape index (κ1) is 13.5. The molecule has 4 N–H and O–H groups in total. The van der Waals surface area contributed by atoms with Crippen LogP contribution in [0.15, 0.2) is 12.1 Å². The second-order valence-corrected chi connectivity index (χ2v) is 4.41. The predicted molar refractivity (Wildman–Crippen MR) is 65.4 cm³/mol. The molecule has 0 saturated carbocycles. The molecule has 0 aliphatic carbocycles. The Labute approximate surface area is 106 Å². The second kappa shape index (κ2) is 5.67. The minimum absolute atomic E-state index is 0.0162. The number of halogens is 1. The van der Waals surface area contributed by atoms with Crippen LogP contribution in [0.1, 0.15) is 11.7 Å². The van der Waals surface area contributed by atoms with Gasteiger partial charge in [-0.15, -0.1) is 0 Å². The number of aliphatic hydroxyl groups is 3. The monoisotopic (exact) mass is 340 g/mol. The standard InChI is InChI=1S/C10H13IO5/c1-16-8-3-5(2-6(11)10(8)15)9(14)7(13)4-12/h2-3,7,9,12-15H,4H2,1H3. The van der Waals surface area contributed by atoms with Gasteiger partial charge in [-0.2, -0.15) is 0 Å². The molecular weight excluding hydrogens is 327 g/mol. The molecule has 1 rings (SSSR count). The van der Waals surface area contributed by atoms with Crippen molar-refractivity contribution in [2.24, 2.45) is 0 Å². The van der Waals surface area contributed by atoms with E-state index in [4.69, 9.17) is 9.84 Å². The van der Waals surface area contributed by atoms with Gasteiger partial charge in [-0.05, 0) is 40.3 Å². The van der Waals surface area contributed by atoms with Crippen molar-refractivity contribution in [1.29, 1.82) is 0 Å². The Bertz CT molecular complexity index is 368. The third-order valence-corrected chi connectivity index (χ3v) is 2.99. The van der Waals surface area contributed by atoms with Gasteiger partial charge in [0.05, 0.1) is 17.3 Å². The highest BCUT2D eigenvalue weighted by Crippen LogP contribution is 2.34. The van der Waals surface area contributed by atoms with Crippen LogP contribution >= 0.6 is 22.6 Å². The number of ether oxygens (including phenoxy) is 1. The van der Waals surface area contributed by atoms with E-state index in [0.29, 0.717) is 9.13 Å². The highest BCUT2D eigenvalue weighted by molar-refractivity contribution is 14.1. The number of hydrogen-bond donors (Lipinski definition) is 4.